The Labute approximate surface area is 205 Å². The molecular formula is C26H33N3O6. The van der Waals surface area contributed by atoms with E-state index in [2.05, 4.69) is 0 Å². The zero-order chi connectivity index (χ0) is 25.3. The first kappa shape index (κ1) is 25.0. The Kier molecular flexibility index (Phi) is 7.05. The first-order valence-corrected chi connectivity index (χ1v) is 12.4. The van der Waals surface area contributed by atoms with Gasteiger partial charge in [0.15, 0.2) is 5.78 Å². The van der Waals surface area contributed by atoms with Crippen LogP contribution in [-0.2, 0) is 9.59 Å². The maximum atomic E-state index is 13.1. The summed E-state index contributed by atoms with van der Waals surface area (Å²) in [6, 6.07) is 6.73. The molecule has 2 heterocycles. The molecule has 9 nitrogen and oxygen atoms in total. The van der Waals surface area contributed by atoms with E-state index in [9.17, 15) is 29.3 Å². The van der Waals surface area contributed by atoms with Crippen LogP contribution in [0.25, 0.3) is 0 Å². The van der Waals surface area contributed by atoms with E-state index in [0.717, 1.165) is 19.3 Å². The number of nitro groups is 1. The lowest BCUT2D eigenvalue weighted by molar-refractivity contribution is -0.490. The normalized spacial score (nSPS) is 25.8. The van der Waals surface area contributed by atoms with Crippen LogP contribution >= 0.6 is 0 Å². The lowest BCUT2D eigenvalue weighted by atomic mass is 9.77. The number of hydrogen-bond acceptors (Lipinski definition) is 6. The second kappa shape index (κ2) is 9.87. The molecule has 4 rings (SSSR count). The summed E-state index contributed by atoms with van der Waals surface area (Å²) >= 11 is 0. The molecule has 3 unspecified atom stereocenters. The summed E-state index contributed by atoms with van der Waals surface area (Å²) < 4.78 is 0. The lowest BCUT2D eigenvalue weighted by Gasteiger charge is -2.39. The van der Waals surface area contributed by atoms with E-state index in [4.69, 9.17) is 0 Å². The molecule has 0 aromatic heterocycles. The molecule has 2 aliphatic heterocycles. The van der Waals surface area contributed by atoms with Gasteiger partial charge in [0.05, 0.1) is 0 Å². The molecule has 35 heavy (non-hydrogen) atoms. The van der Waals surface area contributed by atoms with Crippen LogP contribution in [0.3, 0.4) is 0 Å². The average Bonchev–Trinajstić information content (AvgIpc) is 3.35. The number of carbonyl (C=O) groups is 4. The van der Waals surface area contributed by atoms with E-state index in [-0.39, 0.29) is 58.5 Å². The number of ketones is 2. The molecule has 2 saturated heterocycles. The summed E-state index contributed by atoms with van der Waals surface area (Å²) in [5.41, 5.74) is 1.11. The third-order valence-electron chi connectivity index (χ3n) is 8.38. The predicted molar refractivity (Wildman–Crippen MR) is 127 cm³/mol. The average molecular weight is 484 g/mol. The molecule has 3 fully saturated rings. The van der Waals surface area contributed by atoms with Gasteiger partial charge in [-0.15, -0.1) is 0 Å². The predicted octanol–water partition coefficient (Wildman–Crippen LogP) is 2.85. The van der Waals surface area contributed by atoms with Crippen molar-refractivity contribution in [3.63, 3.8) is 0 Å². The number of piperidine rings is 1. The summed E-state index contributed by atoms with van der Waals surface area (Å²) in [5.74, 6) is -1.22. The van der Waals surface area contributed by atoms with Crippen molar-refractivity contribution in [2.24, 2.45) is 23.2 Å². The Bertz CT molecular complexity index is 1030. The highest BCUT2D eigenvalue weighted by Gasteiger charge is 2.47. The van der Waals surface area contributed by atoms with Crippen molar-refractivity contribution < 1.29 is 24.1 Å². The highest BCUT2D eigenvalue weighted by Crippen LogP contribution is 2.42. The largest absolute Gasteiger partial charge is 0.342 e. The summed E-state index contributed by atoms with van der Waals surface area (Å²) in [4.78, 5) is 64.2. The van der Waals surface area contributed by atoms with Crippen molar-refractivity contribution in [3.05, 3.63) is 45.5 Å². The number of benzene rings is 1. The molecule has 1 saturated carbocycles. The van der Waals surface area contributed by atoms with Crippen LogP contribution in [0, 0.1) is 33.3 Å². The second-order valence-electron chi connectivity index (χ2n) is 10.6. The van der Waals surface area contributed by atoms with Crippen molar-refractivity contribution in [1.29, 1.82) is 0 Å². The van der Waals surface area contributed by atoms with E-state index < -0.39 is 5.92 Å². The number of hydrogen-bond donors (Lipinski definition) is 0. The van der Waals surface area contributed by atoms with Gasteiger partial charge >= 0.3 is 0 Å². The van der Waals surface area contributed by atoms with Crippen molar-refractivity contribution in [2.45, 2.75) is 46.0 Å². The highest BCUT2D eigenvalue weighted by atomic mass is 16.6. The standard InChI is InChI=1S/C26H33N3O6/c1-17-13-23(31)21(22(17)15-29(34)35)14-24(32)28-12-9-26(16-28)7-10-27(11-8-26)25(33)20-5-3-19(4-6-20)18(2)30/h3-6,17,21-22H,7-16H2,1-2H3. The first-order chi connectivity index (χ1) is 16.6. The number of carbonyl (C=O) groups excluding carboxylic acids is 4. The highest BCUT2D eigenvalue weighted by molar-refractivity contribution is 5.97. The molecule has 1 aromatic carbocycles. The van der Waals surface area contributed by atoms with E-state index in [1.807, 2.05) is 16.7 Å². The summed E-state index contributed by atoms with van der Waals surface area (Å²) in [6.07, 6.45) is 2.83. The summed E-state index contributed by atoms with van der Waals surface area (Å²) in [5, 5.41) is 11.1. The monoisotopic (exact) mass is 483 g/mol. The van der Waals surface area contributed by atoms with Gasteiger partial charge in [0.1, 0.15) is 5.78 Å². The van der Waals surface area contributed by atoms with Gasteiger partial charge in [0.25, 0.3) is 5.91 Å². The number of likely N-dealkylation sites (tertiary alicyclic amines) is 2. The Morgan fingerprint density at radius 3 is 2.17 bits per heavy atom. The van der Waals surface area contributed by atoms with E-state index in [1.54, 1.807) is 24.3 Å². The topological polar surface area (TPSA) is 118 Å². The number of amides is 2. The quantitative estimate of drug-likeness (QED) is 0.349. The minimum absolute atomic E-state index is 0.0296. The Hall–Kier alpha value is -3.10. The van der Waals surface area contributed by atoms with Crippen LogP contribution < -0.4 is 0 Å². The van der Waals surface area contributed by atoms with Crippen molar-refractivity contribution in [3.8, 4) is 0 Å². The Balaban J connectivity index is 1.32. The van der Waals surface area contributed by atoms with Crippen molar-refractivity contribution >= 4 is 23.4 Å². The fraction of sp³-hybridized carbons (Fsp3) is 0.615. The van der Waals surface area contributed by atoms with Gasteiger partial charge in [-0.05, 0) is 49.7 Å². The van der Waals surface area contributed by atoms with Gasteiger partial charge in [-0.3, -0.25) is 29.3 Å². The molecule has 188 valence electrons. The maximum absolute atomic E-state index is 13.1. The summed E-state index contributed by atoms with van der Waals surface area (Å²) in [7, 11) is 0. The van der Waals surface area contributed by atoms with Gasteiger partial charge in [0, 0.05) is 66.9 Å². The molecule has 0 bridgehead atoms. The van der Waals surface area contributed by atoms with E-state index >= 15 is 0 Å². The molecule has 3 aliphatic rings. The van der Waals surface area contributed by atoms with E-state index in [0.29, 0.717) is 43.7 Å². The van der Waals surface area contributed by atoms with Crippen LogP contribution in [-0.4, -0.2) is 70.8 Å². The zero-order valence-corrected chi connectivity index (χ0v) is 20.4. The second-order valence-corrected chi connectivity index (χ2v) is 10.6. The van der Waals surface area contributed by atoms with Crippen molar-refractivity contribution in [1.82, 2.24) is 9.80 Å². The SMILES string of the molecule is CC(=O)c1ccc(C(=O)N2CCC3(CCN(C(=O)CC4C(=O)CC(C)C4C[N+](=O)[O-])C3)CC2)cc1. The van der Waals surface area contributed by atoms with Crippen LogP contribution in [0.1, 0.15) is 66.7 Å². The fourth-order valence-corrected chi connectivity index (χ4v) is 6.09. The number of Topliss-reactive ketones (excluding diaryl/α,β-unsaturated/α-hetero) is 2. The van der Waals surface area contributed by atoms with Crippen LogP contribution in [0.15, 0.2) is 24.3 Å². The molecule has 3 atom stereocenters. The van der Waals surface area contributed by atoms with Crippen LogP contribution in [0.5, 0.6) is 0 Å². The van der Waals surface area contributed by atoms with Crippen molar-refractivity contribution in [2.75, 3.05) is 32.7 Å². The fourth-order valence-electron chi connectivity index (χ4n) is 6.09. The Morgan fingerprint density at radius 1 is 1.03 bits per heavy atom. The van der Waals surface area contributed by atoms with Gasteiger partial charge in [-0.1, -0.05) is 19.1 Å². The molecule has 9 heteroatoms. The third-order valence-corrected chi connectivity index (χ3v) is 8.38. The van der Waals surface area contributed by atoms with Gasteiger partial charge in [0.2, 0.25) is 12.5 Å². The molecule has 0 radical (unpaired) electrons. The molecule has 1 aliphatic carbocycles. The molecule has 0 N–H and O–H groups in total. The van der Waals surface area contributed by atoms with Gasteiger partial charge in [-0.25, -0.2) is 0 Å². The van der Waals surface area contributed by atoms with Crippen LogP contribution in [0.2, 0.25) is 0 Å². The molecule has 1 aromatic rings. The molecule has 2 amide bonds. The Morgan fingerprint density at radius 2 is 1.60 bits per heavy atom. The molecular weight excluding hydrogens is 450 g/mol. The van der Waals surface area contributed by atoms with Gasteiger partial charge in [-0.2, -0.15) is 0 Å². The lowest BCUT2D eigenvalue weighted by Crippen LogP contribution is -2.45. The number of nitrogens with zero attached hydrogens (tertiary/aromatic N) is 3. The number of rotatable bonds is 6. The minimum Gasteiger partial charge on any atom is -0.342 e. The smallest absolute Gasteiger partial charge is 0.253 e. The third kappa shape index (κ3) is 5.28. The van der Waals surface area contributed by atoms with Crippen LogP contribution in [0.4, 0.5) is 0 Å². The van der Waals surface area contributed by atoms with Gasteiger partial charge < -0.3 is 9.80 Å². The summed E-state index contributed by atoms with van der Waals surface area (Å²) in [6.45, 7) is 5.53. The zero-order valence-electron chi connectivity index (χ0n) is 20.4. The molecule has 1 spiro atoms. The first-order valence-electron chi connectivity index (χ1n) is 12.4. The van der Waals surface area contributed by atoms with E-state index in [1.165, 1.54) is 6.92 Å². The maximum Gasteiger partial charge on any atom is 0.253 e. The minimum atomic E-state index is -0.562.